The molecule has 1 N–H and O–H groups in total. The molecular weight excluding hydrogens is 843 g/mol. The number of carbonyl (C=O) groups excluding carboxylic acids is 1. The number of aliphatic hydroxyl groups is 1. The van der Waals surface area contributed by atoms with E-state index >= 15 is 0 Å². The molecule has 0 saturated heterocycles. The molecule has 0 bridgehead atoms. The number of allylic oxidation sites excluding steroid dienone is 2. The Balaban J connectivity index is 0.000000238. The minimum absolute atomic E-state index is 0. The zero-order valence-corrected chi connectivity index (χ0v) is 34.4. The predicted molar refractivity (Wildman–Crippen MR) is 222 cm³/mol. The number of fused-ring (bicyclic) bond motifs is 4. The Bertz CT molecular complexity index is 2610. The Morgan fingerprint density at radius 3 is 1.83 bits per heavy atom. The molecule has 5 nitrogen and oxygen atoms in total. The summed E-state index contributed by atoms with van der Waals surface area (Å²) in [5.74, 6) is 0.286. The molecule has 0 amide bonds. The normalized spacial score (nSPS) is 12.3. The summed E-state index contributed by atoms with van der Waals surface area (Å²) < 4.78 is 4.75. The average Bonchev–Trinajstić information content (AvgIpc) is 3.49. The van der Waals surface area contributed by atoms with Crippen LogP contribution >= 0.6 is 0 Å². The molecule has 8 rings (SSSR count). The van der Waals surface area contributed by atoms with Gasteiger partial charge in [0.05, 0.1) is 5.52 Å². The molecule has 0 fully saturated rings. The molecule has 0 aliphatic rings. The van der Waals surface area contributed by atoms with Crippen molar-refractivity contribution in [2.24, 2.45) is 10.8 Å². The van der Waals surface area contributed by atoms with E-state index in [-0.39, 0.29) is 42.5 Å². The number of carbonyl (C=O) groups is 1. The van der Waals surface area contributed by atoms with E-state index in [1.165, 1.54) is 22.4 Å². The van der Waals surface area contributed by atoms with Crippen LogP contribution in [-0.4, -0.2) is 25.0 Å². The van der Waals surface area contributed by atoms with Crippen LogP contribution in [0.25, 0.3) is 65.9 Å². The van der Waals surface area contributed by atoms with Crippen molar-refractivity contribution >= 4 is 60.3 Å². The summed E-state index contributed by atoms with van der Waals surface area (Å²) in [5, 5.41) is 15.9. The first-order valence-electron chi connectivity index (χ1n) is 18.9. The maximum absolute atomic E-state index is 12.2. The number of nitrogens with zero attached hydrogens (tertiary/aromatic N) is 3. The maximum Gasteiger partial charge on any atom is 0.164 e. The molecule has 0 spiro atoms. The standard InChI is InChI=1S/C33H20N3.C15H28O2.Ir/c1-3-11-23(12-4-1)35-27-16-9-17-28-30(27)31-29(35)20-21-34-32(31)26-19-18-22-10-7-8-15-25(22)33(26)36(28)24-13-5-2-6-14-24;1-7-14(5,8-2)12(16)11-13(17)15(6,9-3)10-4;/h1-18,20-21H;11,16H,7-10H2,1-6H3;/q-1;;/b;12-11-;. The van der Waals surface area contributed by atoms with Gasteiger partial charge in [-0.15, -0.1) is 17.5 Å². The number of ketones is 1. The molecule has 0 atom stereocenters. The second kappa shape index (κ2) is 15.8. The number of rotatable bonds is 9. The fourth-order valence-electron chi connectivity index (χ4n) is 7.47. The van der Waals surface area contributed by atoms with Crippen LogP contribution in [-0.2, 0) is 24.9 Å². The van der Waals surface area contributed by atoms with Gasteiger partial charge in [0, 0.05) is 76.5 Å². The zero-order valence-electron chi connectivity index (χ0n) is 32.0. The molecule has 54 heavy (non-hydrogen) atoms. The Morgan fingerprint density at radius 2 is 1.22 bits per heavy atom. The van der Waals surface area contributed by atoms with Crippen LogP contribution in [0.3, 0.4) is 0 Å². The van der Waals surface area contributed by atoms with E-state index in [2.05, 4.69) is 130 Å². The molecule has 0 saturated carbocycles. The number of benzene rings is 5. The molecule has 8 aromatic rings. The van der Waals surface area contributed by atoms with Crippen LogP contribution in [0.2, 0.25) is 0 Å². The van der Waals surface area contributed by atoms with Crippen LogP contribution in [0.5, 0.6) is 0 Å². The van der Waals surface area contributed by atoms with Gasteiger partial charge in [0.1, 0.15) is 5.76 Å². The SMILES string of the molecule is CCC(C)(CC)C(=O)/C=C(\O)C(C)(CC)CC.[Ir].[c-]1cc2ccccc2c2c1c1nccc3c1c1c(cccc1n2-c1ccccc1)n3-c1ccccc1. The summed E-state index contributed by atoms with van der Waals surface area (Å²) in [6.45, 7) is 12.1. The van der Waals surface area contributed by atoms with Crippen molar-refractivity contribution in [2.75, 3.05) is 0 Å². The van der Waals surface area contributed by atoms with Gasteiger partial charge < -0.3 is 19.2 Å². The van der Waals surface area contributed by atoms with E-state index in [1.807, 2.05) is 47.7 Å². The van der Waals surface area contributed by atoms with Crippen molar-refractivity contribution < 1.29 is 30.0 Å². The van der Waals surface area contributed by atoms with Crippen LogP contribution in [0, 0.1) is 16.9 Å². The van der Waals surface area contributed by atoms with Gasteiger partial charge in [-0.2, -0.15) is 0 Å². The van der Waals surface area contributed by atoms with E-state index in [4.69, 9.17) is 4.98 Å². The van der Waals surface area contributed by atoms with Gasteiger partial charge >= 0.3 is 0 Å². The molecule has 0 aliphatic carbocycles. The molecule has 3 heterocycles. The molecular formula is C48H48IrN3O2-. The number of pyridine rings is 1. The van der Waals surface area contributed by atoms with Gasteiger partial charge in [-0.1, -0.05) is 119 Å². The van der Waals surface area contributed by atoms with Crippen molar-refractivity contribution in [1.29, 1.82) is 0 Å². The quantitative estimate of drug-likeness (QED) is 0.0892. The number of hydrogen-bond acceptors (Lipinski definition) is 3. The van der Waals surface area contributed by atoms with Gasteiger partial charge in [0.15, 0.2) is 5.78 Å². The fourth-order valence-corrected chi connectivity index (χ4v) is 7.47. The molecule has 6 heteroatoms. The summed E-state index contributed by atoms with van der Waals surface area (Å²) in [7, 11) is 0. The van der Waals surface area contributed by atoms with Gasteiger partial charge in [0.2, 0.25) is 0 Å². The molecule has 1 radical (unpaired) electrons. The van der Waals surface area contributed by atoms with E-state index in [9.17, 15) is 9.90 Å². The third kappa shape index (κ3) is 6.56. The van der Waals surface area contributed by atoms with E-state index < -0.39 is 0 Å². The first-order valence-corrected chi connectivity index (χ1v) is 18.9. The van der Waals surface area contributed by atoms with Crippen molar-refractivity contribution in [3.63, 3.8) is 0 Å². The molecule has 0 aliphatic heterocycles. The van der Waals surface area contributed by atoms with Crippen LogP contribution in [0.1, 0.15) is 67.2 Å². The van der Waals surface area contributed by atoms with Crippen molar-refractivity contribution in [2.45, 2.75) is 67.2 Å². The second-order valence-corrected chi connectivity index (χ2v) is 14.6. The maximum atomic E-state index is 12.2. The van der Waals surface area contributed by atoms with E-state index in [0.29, 0.717) is 0 Å². The monoisotopic (exact) mass is 891 g/mol. The Hall–Kier alpha value is -5.03. The fraction of sp³-hybridized carbons (Fsp3) is 0.250. The van der Waals surface area contributed by atoms with Crippen LogP contribution in [0.4, 0.5) is 0 Å². The molecule has 3 aromatic heterocycles. The minimum Gasteiger partial charge on any atom is -0.512 e. The summed E-state index contributed by atoms with van der Waals surface area (Å²) in [6, 6.07) is 44.3. The Kier molecular flexibility index (Phi) is 11.3. The summed E-state index contributed by atoms with van der Waals surface area (Å²) in [5.41, 5.74) is 7.21. The third-order valence-corrected chi connectivity index (χ3v) is 11.8. The van der Waals surface area contributed by atoms with Crippen molar-refractivity contribution in [3.8, 4) is 11.4 Å². The average molecular weight is 891 g/mol. The summed E-state index contributed by atoms with van der Waals surface area (Å²) >= 11 is 0. The van der Waals surface area contributed by atoms with Crippen LogP contribution in [0.15, 0.2) is 133 Å². The summed E-state index contributed by atoms with van der Waals surface area (Å²) in [6.07, 6.45) is 6.69. The molecule has 277 valence electrons. The first kappa shape index (κ1) is 38.7. The summed E-state index contributed by atoms with van der Waals surface area (Å²) in [4.78, 5) is 17.2. The number of para-hydroxylation sites is 2. The molecule has 5 aromatic carbocycles. The van der Waals surface area contributed by atoms with Crippen LogP contribution < -0.4 is 0 Å². The Morgan fingerprint density at radius 1 is 0.685 bits per heavy atom. The van der Waals surface area contributed by atoms with Gasteiger partial charge in [-0.25, -0.2) is 0 Å². The zero-order chi connectivity index (χ0) is 37.3. The number of aromatic nitrogens is 3. The largest absolute Gasteiger partial charge is 0.512 e. The van der Waals surface area contributed by atoms with Gasteiger partial charge in [0.25, 0.3) is 0 Å². The second-order valence-electron chi connectivity index (χ2n) is 14.6. The minimum atomic E-state index is -0.337. The van der Waals surface area contributed by atoms with E-state index in [0.717, 1.165) is 75.3 Å². The first-order chi connectivity index (χ1) is 25.7. The third-order valence-electron chi connectivity index (χ3n) is 11.8. The topological polar surface area (TPSA) is 60.0 Å². The van der Waals surface area contributed by atoms with Crippen molar-refractivity contribution in [3.05, 3.63) is 139 Å². The Labute approximate surface area is 331 Å². The number of aliphatic hydroxyl groups excluding tert-OH is 1. The van der Waals surface area contributed by atoms with Gasteiger partial charge in [-0.05, 0) is 79.1 Å². The van der Waals surface area contributed by atoms with Crippen molar-refractivity contribution in [1.82, 2.24) is 14.1 Å². The predicted octanol–water partition coefficient (Wildman–Crippen LogP) is 12.9. The van der Waals surface area contributed by atoms with E-state index in [1.54, 1.807) is 0 Å². The molecule has 0 unspecified atom stereocenters. The smallest absolute Gasteiger partial charge is 0.164 e. The van der Waals surface area contributed by atoms with Gasteiger partial charge in [-0.3, -0.25) is 4.79 Å². The number of hydrogen-bond donors (Lipinski definition) is 1.